The number of fused-ring (bicyclic) bond motifs is 2. The first kappa shape index (κ1) is 16.0. The van der Waals surface area contributed by atoms with Gasteiger partial charge in [-0.25, -0.2) is 0 Å². The van der Waals surface area contributed by atoms with Crippen LogP contribution < -0.4 is 5.73 Å². The summed E-state index contributed by atoms with van der Waals surface area (Å²) in [7, 11) is 0. The van der Waals surface area contributed by atoms with Gasteiger partial charge < -0.3 is 5.73 Å². The van der Waals surface area contributed by atoms with Crippen LogP contribution in [0.25, 0.3) is 10.9 Å². The lowest BCUT2D eigenvalue weighted by atomic mass is 9.83. The van der Waals surface area contributed by atoms with Gasteiger partial charge in [0.1, 0.15) is 5.69 Å². The number of nitrogen functional groups attached to an aromatic ring is 1. The molecule has 1 atom stereocenters. The number of rotatable bonds is 2. The maximum atomic E-state index is 6.49. The second-order valence-corrected chi connectivity index (χ2v) is 7.14. The van der Waals surface area contributed by atoms with Gasteiger partial charge in [0, 0.05) is 16.0 Å². The minimum atomic E-state index is -0.229. The third kappa shape index (κ3) is 2.57. The molecule has 0 saturated carbocycles. The zero-order chi connectivity index (χ0) is 17.6. The van der Waals surface area contributed by atoms with Crippen molar-refractivity contribution in [2.75, 3.05) is 5.73 Å². The lowest BCUT2D eigenvalue weighted by Crippen LogP contribution is -2.32. The van der Waals surface area contributed by atoms with Gasteiger partial charge >= 0.3 is 0 Å². The molecule has 1 aliphatic rings. The molecule has 0 bridgehead atoms. The van der Waals surface area contributed by atoms with E-state index >= 15 is 0 Å². The molecule has 1 aromatic heterocycles. The van der Waals surface area contributed by atoms with Crippen LogP contribution in [0.4, 0.5) is 5.69 Å². The number of anilines is 1. The molecule has 0 radical (unpaired) electrons. The Labute approximate surface area is 151 Å². The molecule has 3 aromatic rings. The number of aromatic nitrogens is 2. The number of nitrogens with two attached hydrogens (primary N) is 1. The molecule has 0 spiro atoms. The van der Waals surface area contributed by atoms with Gasteiger partial charge in [-0.1, -0.05) is 48.9 Å². The molecule has 1 aliphatic heterocycles. The van der Waals surface area contributed by atoms with Crippen LogP contribution in [0.5, 0.6) is 0 Å². The van der Waals surface area contributed by atoms with Crippen molar-refractivity contribution < 1.29 is 0 Å². The fourth-order valence-corrected chi connectivity index (χ4v) is 3.59. The number of benzene rings is 2. The van der Waals surface area contributed by atoms with Gasteiger partial charge in [0.2, 0.25) is 0 Å². The molecule has 2 aromatic carbocycles. The van der Waals surface area contributed by atoms with E-state index in [1.165, 1.54) is 0 Å². The zero-order valence-electron chi connectivity index (χ0n) is 14.3. The van der Waals surface area contributed by atoms with Crippen LogP contribution in [0, 0.1) is 0 Å². The smallest absolute Gasteiger partial charge is 0.135 e. The number of hydrogen-bond donors (Lipinski definition) is 1. The maximum Gasteiger partial charge on any atom is 0.135 e. The van der Waals surface area contributed by atoms with Gasteiger partial charge in [0.25, 0.3) is 0 Å². The van der Waals surface area contributed by atoms with Gasteiger partial charge in [-0.3, -0.25) is 4.99 Å². The fraction of sp³-hybridized carbons (Fsp3) is 0.250. The molecule has 0 amide bonds. The van der Waals surface area contributed by atoms with E-state index in [1.54, 1.807) is 0 Å². The van der Waals surface area contributed by atoms with Crippen molar-refractivity contribution in [1.82, 2.24) is 10.2 Å². The van der Waals surface area contributed by atoms with Crippen molar-refractivity contribution in [3.8, 4) is 0 Å². The molecule has 126 valence electrons. The summed E-state index contributed by atoms with van der Waals surface area (Å²) in [6.07, 6.45) is 1.71. The molecule has 0 saturated heterocycles. The Morgan fingerprint density at radius 1 is 1.12 bits per heavy atom. The van der Waals surface area contributed by atoms with Gasteiger partial charge in [-0.05, 0) is 37.5 Å². The third-order valence-electron chi connectivity index (χ3n) is 5.01. The second kappa shape index (κ2) is 5.81. The van der Waals surface area contributed by atoms with Crippen LogP contribution in [0.15, 0.2) is 47.5 Å². The molecule has 2 N–H and O–H groups in total. The highest BCUT2D eigenvalue weighted by Crippen LogP contribution is 2.36. The zero-order valence-corrected chi connectivity index (χ0v) is 15.0. The maximum absolute atomic E-state index is 6.49. The van der Waals surface area contributed by atoms with Gasteiger partial charge in [-0.15, -0.1) is 10.2 Å². The van der Waals surface area contributed by atoms with Gasteiger partial charge in [-0.2, -0.15) is 0 Å². The summed E-state index contributed by atoms with van der Waals surface area (Å²) in [5.41, 5.74) is 11.1. The molecule has 4 nitrogen and oxygen atoms in total. The second-order valence-electron chi connectivity index (χ2n) is 6.73. The molecule has 0 fully saturated rings. The number of aliphatic imine (C=N–C) groups is 1. The van der Waals surface area contributed by atoms with Crippen molar-refractivity contribution >= 4 is 33.9 Å². The van der Waals surface area contributed by atoms with Crippen LogP contribution in [-0.4, -0.2) is 21.4 Å². The summed E-state index contributed by atoms with van der Waals surface area (Å²) in [6.45, 7) is 4.28. The molecular weight excluding hydrogens is 332 g/mol. The topological polar surface area (TPSA) is 64.2 Å². The molecule has 5 heteroatoms. The Bertz CT molecular complexity index is 1010. The van der Waals surface area contributed by atoms with E-state index in [4.69, 9.17) is 22.3 Å². The normalized spacial score (nSPS) is 19.6. The van der Waals surface area contributed by atoms with Crippen LogP contribution in [0.2, 0.25) is 5.02 Å². The van der Waals surface area contributed by atoms with Crippen LogP contribution in [0.3, 0.4) is 0 Å². The standard InChI is InChI=1S/C20H19ClN4/c1-3-20(2)11-14-12(8-6-9-15(14)21)18(23-20)19-17(22)13-7-4-5-10-16(13)24-25-19/h4-10H,3,11H2,1-2H3,(H2,22,24). The summed E-state index contributed by atoms with van der Waals surface area (Å²) in [6, 6.07) is 13.7. The van der Waals surface area contributed by atoms with E-state index in [0.29, 0.717) is 11.4 Å². The van der Waals surface area contributed by atoms with Gasteiger partial charge in [0.15, 0.2) is 0 Å². The van der Waals surface area contributed by atoms with Crippen molar-refractivity contribution in [1.29, 1.82) is 0 Å². The lowest BCUT2D eigenvalue weighted by Gasteiger charge is -2.32. The minimum absolute atomic E-state index is 0.229. The van der Waals surface area contributed by atoms with E-state index in [0.717, 1.165) is 45.6 Å². The van der Waals surface area contributed by atoms with E-state index in [2.05, 4.69) is 24.0 Å². The first-order chi connectivity index (χ1) is 12.0. The Hall–Kier alpha value is -2.46. The van der Waals surface area contributed by atoms with E-state index in [9.17, 15) is 0 Å². The third-order valence-corrected chi connectivity index (χ3v) is 5.36. The highest BCUT2D eigenvalue weighted by atomic mass is 35.5. The number of halogens is 1. The Balaban J connectivity index is 2.00. The largest absolute Gasteiger partial charge is 0.396 e. The summed E-state index contributed by atoms with van der Waals surface area (Å²) >= 11 is 6.49. The van der Waals surface area contributed by atoms with E-state index < -0.39 is 0 Å². The number of hydrogen-bond acceptors (Lipinski definition) is 4. The van der Waals surface area contributed by atoms with Crippen molar-refractivity contribution in [3.05, 3.63) is 64.3 Å². The van der Waals surface area contributed by atoms with Crippen LogP contribution in [-0.2, 0) is 6.42 Å². The Morgan fingerprint density at radius 3 is 2.72 bits per heavy atom. The van der Waals surface area contributed by atoms with Crippen LogP contribution in [0.1, 0.15) is 37.1 Å². The summed E-state index contributed by atoms with van der Waals surface area (Å²) in [5, 5.41) is 10.4. The van der Waals surface area contributed by atoms with Crippen molar-refractivity contribution in [3.63, 3.8) is 0 Å². The van der Waals surface area contributed by atoms with Crippen molar-refractivity contribution in [2.24, 2.45) is 4.99 Å². The quantitative estimate of drug-likeness (QED) is 0.743. The fourth-order valence-electron chi connectivity index (χ4n) is 3.34. The molecule has 2 heterocycles. The van der Waals surface area contributed by atoms with Crippen LogP contribution >= 0.6 is 11.6 Å². The highest BCUT2D eigenvalue weighted by Gasteiger charge is 2.32. The average Bonchev–Trinajstić information content (AvgIpc) is 2.63. The summed E-state index contributed by atoms with van der Waals surface area (Å²) in [5.74, 6) is 0. The Morgan fingerprint density at radius 2 is 1.92 bits per heavy atom. The molecule has 1 unspecified atom stereocenters. The molecule has 25 heavy (non-hydrogen) atoms. The SMILES string of the molecule is CCC1(C)Cc2c(Cl)cccc2C(c2nnc3ccccc3c2N)=N1. The highest BCUT2D eigenvalue weighted by molar-refractivity contribution is 6.32. The minimum Gasteiger partial charge on any atom is -0.396 e. The molecule has 0 aliphatic carbocycles. The van der Waals surface area contributed by atoms with Gasteiger partial charge in [0.05, 0.1) is 22.5 Å². The summed E-state index contributed by atoms with van der Waals surface area (Å²) in [4.78, 5) is 5.03. The first-order valence-corrected chi connectivity index (χ1v) is 8.79. The monoisotopic (exact) mass is 350 g/mol. The Kier molecular flexibility index (Phi) is 3.73. The van der Waals surface area contributed by atoms with E-state index in [-0.39, 0.29) is 5.54 Å². The first-order valence-electron chi connectivity index (χ1n) is 8.41. The molecular formula is C20H19ClN4. The predicted molar refractivity (Wildman–Crippen MR) is 103 cm³/mol. The van der Waals surface area contributed by atoms with E-state index in [1.807, 2.05) is 42.5 Å². The lowest BCUT2D eigenvalue weighted by molar-refractivity contribution is 0.448. The molecule has 4 rings (SSSR count). The average molecular weight is 351 g/mol. The summed E-state index contributed by atoms with van der Waals surface area (Å²) < 4.78 is 0. The van der Waals surface area contributed by atoms with Crippen molar-refractivity contribution in [2.45, 2.75) is 32.2 Å². The number of nitrogens with zero attached hydrogens (tertiary/aromatic N) is 3. The predicted octanol–water partition coefficient (Wildman–Crippen LogP) is 4.43.